The lowest BCUT2D eigenvalue weighted by Gasteiger charge is -2.15. The molecule has 5 nitrogen and oxygen atoms in total. The van der Waals surface area contributed by atoms with Gasteiger partial charge < -0.3 is 9.47 Å². The van der Waals surface area contributed by atoms with Gasteiger partial charge in [0.25, 0.3) is 0 Å². The Morgan fingerprint density at radius 2 is 1.43 bits per heavy atom. The van der Waals surface area contributed by atoms with Crippen LogP contribution in [0.5, 0.6) is 0 Å². The lowest BCUT2D eigenvalue weighted by Crippen LogP contribution is -2.22. The minimum Gasteiger partial charge on any atom is -0.462 e. The molecule has 0 amide bonds. The molecule has 0 saturated heterocycles. The van der Waals surface area contributed by atoms with Gasteiger partial charge in [0.1, 0.15) is 6.10 Å². The molecule has 0 saturated carbocycles. The average molecular weight is 300 g/mol. The number of esters is 3. The van der Waals surface area contributed by atoms with Gasteiger partial charge in [-0.1, -0.05) is 45.4 Å². The zero-order chi connectivity index (χ0) is 16.1. The first-order valence-corrected chi connectivity index (χ1v) is 7.84. The standard InChI is InChI=1S/C16H28O5/c1-4-5-6-7-8-9-10-11-15(20-13(2)17)12-16(19)21-14(3)18/h15H,4-12H2,1-3H3. The third-order valence-electron chi connectivity index (χ3n) is 3.11. The van der Waals surface area contributed by atoms with Gasteiger partial charge in [-0.05, 0) is 12.8 Å². The maximum absolute atomic E-state index is 11.4. The van der Waals surface area contributed by atoms with Crippen LogP contribution >= 0.6 is 0 Å². The summed E-state index contributed by atoms with van der Waals surface area (Å²) in [6.45, 7) is 4.67. The molecule has 0 aliphatic rings. The summed E-state index contributed by atoms with van der Waals surface area (Å²) in [5, 5.41) is 0. The van der Waals surface area contributed by atoms with Crippen molar-refractivity contribution in [3.05, 3.63) is 0 Å². The Bertz CT molecular complexity index is 325. The van der Waals surface area contributed by atoms with Gasteiger partial charge in [-0.25, -0.2) is 0 Å². The van der Waals surface area contributed by atoms with Gasteiger partial charge in [-0.3, -0.25) is 14.4 Å². The lowest BCUT2D eigenvalue weighted by atomic mass is 10.0. The monoisotopic (exact) mass is 300 g/mol. The Morgan fingerprint density at radius 1 is 0.857 bits per heavy atom. The van der Waals surface area contributed by atoms with Crippen LogP contribution in [0.15, 0.2) is 0 Å². The first-order valence-electron chi connectivity index (χ1n) is 7.84. The molecular formula is C16H28O5. The van der Waals surface area contributed by atoms with Crippen LogP contribution in [-0.4, -0.2) is 24.0 Å². The van der Waals surface area contributed by atoms with Gasteiger partial charge in [0, 0.05) is 13.8 Å². The molecule has 0 aromatic heterocycles. The largest absolute Gasteiger partial charge is 0.462 e. The number of carbonyl (C=O) groups is 3. The van der Waals surface area contributed by atoms with Gasteiger partial charge in [0.05, 0.1) is 6.42 Å². The van der Waals surface area contributed by atoms with Gasteiger partial charge in [-0.15, -0.1) is 0 Å². The summed E-state index contributed by atoms with van der Waals surface area (Å²) in [5.74, 6) is -1.70. The van der Waals surface area contributed by atoms with Crippen LogP contribution in [0.2, 0.25) is 0 Å². The van der Waals surface area contributed by atoms with Crippen molar-refractivity contribution in [2.75, 3.05) is 0 Å². The highest BCUT2D eigenvalue weighted by Crippen LogP contribution is 2.14. The van der Waals surface area contributed by atoms with Crippen molar-refractivity contribution in [2.24, 2.45) is 0 Å². The molecule has 0 aromatic rings. The van der Waals surface area contributed by atoms with E-state index in [1.165, 1.54) is 39.5 Å². The van der Waals surface area contributed by atoms with Crippen molar-refractivity contribution < 1.29 is 23.9 Å². The highest BCUT2D eigenvalue weighted by molar-refractivity contribution is 5.84. The molecule has 0 aromatic carbocycles. The van der Waals surface area contributed by atoms with Crippen molar-refractivity contribution in [2.45, 2.75) is 84.7 Å². The predicted octanol–water partition coefficient (Wildman–Crippen LogP) is 3.54. The maximum atomic E-state index is 11.4. The van der Waals surface area contributed by atoms with Crippen LogP contribution < -0.4 is 0 Å². The van der Waals surface area contributed by atoms with Crippen LogP contribution in [0.25, 0.3) is 0 Å². The van der Waals surface area contributed by atoms with Crippen molar-refractivity contribution >= 4 is 17.9 Å². The Hall–Kier alpha value is -1.39. The molecule has 5 heteroatoms. The summed E-state index contributed by atoms with van der Waals surface area (Å²) < 4.78 is 9.56. The van der Waals surface area contributed by atoms with Crippen LogP contribution in [0, 0.1) is 0 Å². The van der Waals surface area contributed by atoms with Gasteiger partial charge >= 0.3 is 17.9 Å². The summed E-state index contributed by atoms with van der Waals surface area (Å²) in [7, 11) is 0. The molecule has 21 heavy (non-hydrogen) atoms. The summed E-state index contributed by atoms with van der Waals surface area (Å²) in [6.07, 6.45) is 8.17. The van der Waals surface area contributed by atoms with Gasteiger partial charge in [-0.2, -0.15) is 0 Å². The van der Waals surface area contributed by atoms with Crippen molar-refractivity contribution in [1.29, 1.82) is 0 Å². The smallest absolute Gasteiger partial charge is 0.317 e. The fraction of sp³-hybridized carbons (Fsp3) is 0.812. The molecule has 0 fully saturated rings. The highest BCUT2D eigenvalue weighted by atomic mass is 16.6. The van der Waals surface area contributed by atoms with Gasteiger partial charge in [0.2, 0.25) is 0 Å². The van der Waals surface area contributed by atoms with E-state index in [4.69, 9.17) is 4.74 Å². The Labute approximate surface area is 127 Å². The van der Waals surface area contributed by atoms with Crippen LogP contribution in [0.1, 0.15) is 78.6 Å². The minimum atomic E-state index is -0.642. The molecule has 1 unspecified atom stereocenters. The number of ether oxygens (including phenoxy) is 2. The fourth-order valence-corrected chi connectivity index (χ4v) is 2.15. The van der Waals surface area contributed by atoms with E-state index in [0.29, 0.717) is 6.42 Å². The third kappa shape index (κ3) is 13.4. The third-order valence-corrected chi connectivity index (χ3v) is 3.11. The van der Waals surface area contributed by atoms with Crippen LogP contribution in [0.3, 0.4) is 0 Å². The normalized spacial score (nSPS) is 11.8. The Kier molecular flexibility index (Phi) is 11.5. The second-order valence-corrected chi connectivity index (χ2v) is 5.31. The van der Waals surface area contributed by atoms with E-state index >= 15 is 0 Å². The summed E-state index contributed by atoms with van der Waals surface area (Å²) in [5.41, 5.74) is 0. The second kappa shape index (κ2) is 12.4. The summed E-state index contributed by atoms with van der Waals surface area (Å²) in [6, 6.07) is 0. The Morgan fingerprint density at radius 3 is 1.95 bits per heavy atom. The SMILES string of the molecule is CCCCCCCCCC(CC(=O)OC(C)=O)OC(C)=O. The van der Waals surface area contributed by atoms with Crippen molar-refractivity contribution in [1.82, 2.24) is 0 Å². The molecular weight excluding hydrogens is 272 g/mol. The molecule has 0 aliphatic heterocycles. The molecule has 0 spiro atoms. The summed E-state index contributed by atoms with van der Waals surface area (Å²) >= 11 is 0. The van der Waals surface area contributed by atoms with Crippen molar-refractivity contribution in [3.63, 3.8) is 0 Å². The molecule has 0 N–H and O–H groups in total. The fourth-order valence-electron chi connectivity index (χ4n) is 2.15. The number of hydrogen-bond acceptors (Lipinski definition) is 5. The van der Waals surface area contributed by atoms with E-state index < -0.39 is 24.0 Å². The summed E-state index contributed by atoms with van der Waals surface area (Å²) in [4.78, 5) is 33.1. The number of unbranched alkanes of at least 4 members (excludes halogenated alkanes) is 6. The predicted molar refractivity (Wildman–Crippen MR) is 79.6 cm³/mol. The lowest BCUT2D eigenvalue weighted by molar-refractivity contribution is -0.161. The molecule has 1 atom stereocenters. The average Bonchev–Trinajstić information content (AvgIpc) is 2.35. The van der Waals surface area contributed by atoms with Crippen LogP contribution in [-0.2, 0) is 23.9 Å². The van der Waals surface area contributed by atoms with Crippen molar-refractivity contribution in [3.8, 4) is 0 Å². The highest BCUT2D eigenvalue weighted by Gasteiger charge is 2.18. The zero-order valence-corrected chi connectivity index (χ0v) is 13.5. The molecule has 122 valence electrons. The van der Waals surface area contributed by atoms with E-state index in [-0.39, 0.29) is 6.42 Å². The number of rotatable bonds is 11. The van der Waals surface area contributed by atoms with E-state index in [9.17, 15) is 14.4 Å². The van der Waals surface area contributed by atoms with E-state index in [1.54, 1.807) is 0 Å². The minimum absolute atomic E-state index is 0.0605. The molecule has 0 aliphatic carbocycles. The number of hydrogen-bond donors (Lipinski definition) is 0. The Balaban J connectivity index is 3.93. The second-order valence-electron chi connectivity index (χ2n) is 5.31. The van der Waals surface area contributed by atoms with Gasteiger partial charge in [0.15, 0.2) is 0 Å². The van der Waals surface area contributed by atoms with Crippen LogP contribution in [0.4, 0.5) is 0 Å². The molecule has 0 rings (SSSR count). The quantitative estimate of drug-likeness (QED) is 0.331. The maximum Gasteiger partial charge on any atom is 0.317 e. The van der Waals surface area contributed by atoms with E-state index in [2.05, 4.69) is 11.7 Å². The molecule has 0 bridgehead atoms. The topological polar surface area (TPSA) is 69.7 Å². The first-order chi connectivity index (χ1) is 9.95. The van der Waals surface area contributed by atoms with E-state index in [0.717, 1.165) is 19.3 Å². The van der Waals surface area contributed by atoms with E-state index in [1.807, 2.05) is 0 Å². The number of carbonyl (C=O) groups excluding carboxylic acids is 3. The zero-order valence-electron chi connectivity index (χ0n) is 13.5. The molecule has 0 heterocycles. The first kappa shape index (κ1) is 19.6. The molecule has 0 radical (unpaired) electrons.